The summed E-state index contributed by atoms with van der Waals surface area (Å²) >= 11 is 0. The maximum Gasteiger partial charge on any atom is 0.0622 e. The molecule has 0 bridgehead atoms. The fourth-order valence-electron chi connectivity index (χ4n) is 2.18. The van der Waals surface area contributed by atoms with Crippen molar-refractivity contribution in [3.63, 3.8) is 0 Å². The molecular formula is C11H21NO2. The molecule has 2 rings (SSSR count). The Morgan fingerprint density at radius 1 is 1.43 bits per heavy atom. The lowest BCUT2D eigenvalue weighted by Gasteiger charge is -2.40. The quantitative estimate of drug-likeness (QED) is 0.714. The lowest BCUT2D eigenvalue weighted by molar-refractivity contribution is -0.0447. The van der Waals surface area contributed by atoms with Crippen LogP contribution in [0.5, 0.6) is 0 Å². The van der Waals surface area contributed by atoms with Crippen LogP contribution in [0.2, 0.25) is 0 Å². The third kappa shape index (κ3) is 2.27. The first-order valence-electron chi connectivity index (χ1n) is 5.68. The molecule has 3 unspecified atom stereocenters. The summed E-state index contributed by atoms with van der Waals surface area (Å²) in [7, 11) is 0. The summed E-state index contributed by atoms with van der Waals surface area (Å²) in [6, 6.07) is 0. The van der Waals surface area contributed by atoms with E-state index in [4.69, 9.17) is 10.5 Å². The summed E-state index contributed by atoms with van der Waals surface area (Å²) in [6.07, 6.45) is 6.00. The van der Waals surface area contributed by atoms with Gasteiger partial charge in [0.15, 0.2) is 0 Å². The second-order valence-corrected chi connectivity index (χ2v) is 5.11. The van der Waals surface area contributed by atoms with Gasteiger partial charge in [-0.1, -0.05) is 6.92 Å². The van der Waals surface area contributed by atoms with Gasteiger partial charge in [-0.2, -0.15) is 0 Å². The summed E-state index contributed by atoms with van der Waals surface area (Å²) < 4.78 is 5.92. The summed E-state index contributed by atoms with van der Waals surface area (Å²) in [5.41, 5.74) is 5.69. The monoisotopic (exact) mass is 199 g/mol. The van der Waals surface area contributed by atoms with E-state index in [1.807, 2.05) is 0 Å². The molecule has 0 spiro atoms. The molecule has 0 aromatic heterocycles. The van der Waals surface area contributed by atoms with E-state index in [9.17, 15) is 5.11 Å². The van der Waals surface area contributed by atoms with Crippen molar-refractivity contribution in [2.45, 2.75) is 56.8 Å². The van der Waals surface area contributed by atoms with Gasteiger partial charge in [-0.15, -0.1) is 0 Å². The van der Waals surface area contributed by atoms with Crippen LogP contribution in [0.3, 0.4) is 0 Å². The molecule has 3 atom stereocenters. The van der Waals surface area contributed by atoms with Crippen molar-refractivity contribution in [3.8, 4) is 0 Å². The molecule has 0 amide bonds. The average Bonchev–Trinajstić information content (AvgIpc) is 2.96. The lowest BCUT2D eigenvalue weighted by atomic mass is 9.76. The van der Waals surface area contributed by atoms with Gasteiger partial charge in [0.1, 0.15) is 0 Å². The minimum absolute atomic E-state index is 0.0875. The number of rotatable bonds is 3. The molecule has 0 aromatic rings. The first-order valence-corrected chi connectivity index (χ1v) is 5.68. The van der Waals surface area contributed by atoms with Crippen molar-refractivity contribution in [3.05, 3.63) is 0 Å². The Bertz CT molecular complexity index is 205. The van der Waals surface area contributed by atoms with E-state index in [2.05, 4.69) is 6.92 Å². The normalized spacial score (nSPS) is 43.9. The first-order chi connectivity index (χ1) is 6.63. The van der Waals surface area contributed by atoms with Crippen molar-refractivity contribution in [2.24, 2.45) is 11.7 Å². The van der Waals surface area contributed by atoms with Crippen LogP contribution >= 0.6 is 0 Å². The molecule has 0 radical (unpaired) electrons. The zero-order valence-electron chi connectivity index (χ0n) is 8.91. The van der Waals surface area contributed by atoms with Gasteiger partial charge in [0.25, 0.3) is 0 Å². The number of hydrogen-bond donors (Lipinski definition) is 2. The van der Waals surface area contributed by atoms with Crippen LogP contribution in [0, 0.1) is 5.92 Å². The minimum atomic E-state index is -0.383. The van der Waals surface area contributed by atoms with E-state index in [0.29, 0.717) is 12.0 Å². The molecule has 2 aliphatic rings. The molecule has 2 fully saturated rings. The van der Waals surface area contributed by atoms with Gasteiger partial charge >= 0.3 is 0 Å². The van der Waals surface area contributed by atoms with Crippen molar-refractivity contribution in [2.75, 3.05) is 6.61 Å². The maximum absolute atomic E-state index is 9.22. The molecule has 0 aromatic carbocycles. The fraction of sp³-hybridized carbons (Fsp3) is 1.00. The Kier molecular flexibility index (Phi) is 2.82. The van der Waals surface area contributed by atoms with Crippen molar-refractivity contribution in [1.29, 1.82) is 0 Å². The number of ether oxygens (including phenoxy) is 1. The van der Waals surface area contributed by atoms with Crippen molar-refractivity contribution >= 4 is 0 Å². The Morgan fingerprint density at radius 2 is 2.14 bits per heavy atom. The first kappa shape index (κ1) is 10.4. The zero-order valence-corrected chi connectivity index (χ0v) is 8.91. The fourth-order valence-corrected chi connectivity index (χ4v) is 2.18. The summed E-state index contributed by atoms with van der Waals surface area (Å²) in [5.74, 6) is 0.596. The largest absolute Gasteiger partial charge is 0.394 e. The molecule has 82 valence electrons. The number of nitrogens with two attached hydrogens (primary N) is 1. The molecule has 3 N–H and O–H groups in total. The van der Waals surface area contributed by atoms with Crippen LogP contribution in [0.1, 0.15) is 39.0 Å². The number of aliphatic hydroxyl groups is 1. The highest BCUT2D eigenvalue weighted by Gasteiger charge is 2.39. The molecular weight excluding hydrogens is 178 g/mol. The van der Waals surface area contributed by atoms with E-state index in [0.717, 1.165) is 19.3 Å². The van der Waals surface area contributed by atoms with E-state index in [-0.39, 0.29) is 18.2 Å². The Morgan fingerprint density at radius 3 is 2.71 bits per heavy atom. The summed E-state index contributed by atoms with van der Waals surface area (Å²) in [5, 5.41) is 9.22. The van der Waals surface area contributed by atoms with Crippen LogP contribution in [0.25, 0.3) is 0 Å². The minimum Gasteiger partial charge on any atom is -0.394 e. The second-order valence-electron chi connectivity index (χ2n) is 5.11. The summed E-state index contributed by atoms with van der Waals surface area (Å²) in [4.78, 5) is 0. The topological polar surface area (TPSA) is 55.5 Å². The molecule has 3 heteroatoms. The lowest BCUT2D eigenvalue weighted by Crippen LogP contribution is -2.51. The van der Waals surface area contributed by atoms with Crippen LogP contribution in [-0.2, 0) is 4.74 Å². The zero-order chi connectivity index (χ0) is 10.2. The van der Waals surface area contributed by atoms with Gasteiger partial charge in [-0.3, -0.25) is 0 Å². The molecule has 2 saturated carbocycles. The third-order valence-corrected chi connectivity index (χ3v) is 3.55. The standard InChI is InChI=1S/C11H21NO2/c1-8-4-5-11(12,7-13)6-10(8)14-9-2-3-9/h8-10,13H,2-7,12H2,1H3. The highest BCUT2D eigenvalue weighted by molar-refractivity contribution is 4.94. The van der Waals surface area contributed by atoms with Gasteiger partial charge in [0.05, 0.1) is 18.8 Å². The van der Waals surface area contributed by atoms with E-state index < -0.39 is 0 Å². The predicted molar refractivity (Wildman–Crippen MR) is 54.9 cm³/mol. The predicted octanol–water partition coefficient (Wildman–Crippen LogP) is 1.04. The molecule has 14 heavy (non-hydrogen) atoms. The molecule has 3 nitrogen and oxygen atoms in total. The smallest absolute Gasteiger partial charge is 0.0622 e. The Balaban J connectivity index is 1.91. The highest BCUT2D eigenvalue weighted by atomic mass is 16.5. The van der Waals surface area contributed by atoms with Crippen LogP contribution in [0.4, 0.5) is 0 Å². The molecule has 2 aliphatic carbocycles. The van der Waals surface area contributed by atoms with Gasteiger partial charge in [-0.05, 0) is 38.0 Å². The van der Waals surface area contributed by atoms with Crippen molar-refractivity contribution < 1.29 is 9.84 Å². The Hall–Kier alpha value is -0.120. The SMILES string of the molecule is CC1CCC(N)(CO)CC1OC1CC1. The maximum atomic E-state index is 9.22. The van der Waals surface area contributed by atoms with Crippen LogP contribution < -0.4 is 5.73 Å². The third-order valence-electron chi connectivity index (χ3n) is 3.55. The molecule has 0 saturated heterocycles. The van der Waals surface area contributed by atoms with E-state index >= 15 is 0 Å². The number of aliphatic hydroxyl groups excluding tert-OH is 1. The van der Waals surface area contributed by atoms with Gasteiger partial charge in [0.2, 0.25) is 0 Å². The average molecular weight is 199 g/mol. The van der Waals surface area contributed by atoms with E-state index in [1.54, 1.807) is 0 Å². The summed E-state index contributed by atoms with van der Waals surface area (Å²) in [6.45, 7) is 2.31. The molecule has 0 aliphatic heterocycles. The molecule has 0 heterocycles. The van der Waals surface area contributed by atoms with Crippen molar-refractivity contribution in [1.82, 2.24) is 0 Å². The van der Waals surface area contributed by atoms with Gasteiger partial charge in [-0.25, -0.2) is 0 Å². The Labute approximate surface area is 85.6 Å². The second kappa shape index (κ2) is 3.80. The van der Waals surface area contributed by atoms with E-state index in [1.165, 1.54) is 12.8 Å². The van der Waals surface area contributed by atoms with Gasteiger partial charge < -0.3 is 15.6 Å². The van der Waals surface area contributed by atoms with Crippen LogP contribution in [-0.4, -0.2) is 29.5 Å². The van der Waals surface area contributed by atoms with Crippen LogP contribution in [0.15, 0.2) is 0 Å². The van der Waals surface area contributed by atoms with Gasteiger partial charge in [0, 0.05) is 5.54 Å². The number of hydrogen-bond acceptors (Lipinski definition) is 3. The highest BCUT2D eigenvalue weighted by Crippen LogP contribution is 2.36.